The van der Waals surface area contributed by atoms with Crippen molar-refractivity contribution in [1.29, 1.82) is 0 Å². The molecule has 0 bridgehead atoms. The second kappa shape index (κ2) is 10.7. The number of nitrogens with zero attached hydrogens (tertiary/aromatic N) is 1. The molecule has 0 saturated heterocycles. The largest absolute Gasteiger partial charge is 0.481 e. The normalized spacial score (nSPS) is 19.1. The van der Waals surface area contributed by atoms with Crippen LogP contribution in [-0.4, -0.2) is 54.2 Å². The Balaban J connectivity index is 1.34. The zero-order valence-electron chi connectivity index (χ0n) is 19.5. The Hall–Kier alpha value is -3.35. The summed E-state index contributed by atoms with van der Waals surface area (Å²) in [6, 6.07) is 16.3. The number of carboxylic acid groups (broad SMARTS) is 1. The Morgan fingerprint density at radius 2 is 1.62 bits per heavy atom. The summed E-state index contributed by atoms with van der Waals surface area (Å²) in [6.07, 6.45) is 3.44. The molecule has 0 heterocycles. The van der Waals surface area contributed by atoms with Gasteiger partial charge in [0, 0.05) is 32.0 Å². The van der Waals surface area contributed by atoms with Gasteiger partial charge in [0.25, 0.3) is 0 Å². The zero-order valence-corrected chi connectivity index (χ0v) is 19.5. The van der Waals surface area contributed by atoms with Gasteiger partial charge < -0.3 is 20.1 Å². The van der Waals surface area contributed by atoms with Crippen LogP contribution in [0.3, 0.4) is 0 Å². The topological polar surface area (TPSA) is 95.9 Å². The molecule has 0 aliphatic heterocycles. The summed E-state index contributed by atoms with van der Waals surface area (Å²) < 4.78 is 5.70. The number of carbonyl (C=O) groups is 3. The highest BCUT2D eigenvalue weighted by Gasteiger charge is 2.32. The van der Waals surface area contributed by atoms with Crippen LogP contribution < -0.4 is 5.32 Å². The second-order valence-electron chi connectivity index (χ2n) is 9.28. The highest BCUT2D eigenvalue weighted by Crippen LogP contribution is 2.44. The molecule has 4 rings (SSSR count). The first-order valence-electron chi connectivity index (χ1n) is 12.0. The fourth-order valence-electron chi connectivity index (χ4n) is 5.20. The molecule has 34 heavy (non-hydrogen) atoms. The number of alkyl carbamates (subject to hydrolysis) is 1. The maximum absolute atomic E-state index is 12.7. The van der Waals surface area contributed by atoms with Gasteiger partial charge in [-0.25, -0.2) is 4.79 Å². The number of amides is 2. The monoisotopic (exact) mass is 464 g/mol. The molecule has 2 N–H and O–H groups in total. The molecule has 2 aliphatic rings. The lowest BCUT2D eigenvalue weighted by Crippen LogP contribution is -2.44. The third-order valence-electron chi connectivity index (χ3n) is 7.08. The van der Waals surface area contributed by atoms with E-state index in [2.05, 4.69) is 29.6 Å². The fraction of sp³-hybridized carbons (Fsp3) is 0.444. The first-order chi connectivity index (χ1) is 16.4. The predicted molar refractivity (Wildman–Crippen MR) is 128 cm³/mol. The third kappa shape index (κ3) is 5.41. The summed E-state index contributed by atoms with van der Waals surface area (Å²) >= 11 is 0. The number of rotatable bonds is 8. The van der Waals surface area contributed by atoms with Crippen LogP contribution in [0.1, 0.15) is 55.6 Å². The van der Waals surface area contributed by atoms with Crippen molar-refractivity contribution in [2.45, 2.75) is 50.5 Å². The van der Waals surface area contributed by atoms with E-state index in [0.717, 1.165) is 25.7 Å². The summed E-state index contributed by atoms with van der Waals surface area (Å²) in [5.74, 6) is -0.988. The van der Waals surface area contributed by atoms with Gasteiger partial charge in [-0.1, -0.05) is 61.4 Å². The van der Waals surface area contributed by atoms with Crippen molar-refractivity contribution < 1.29 is 24.2 Å². The molecule has 7 nitrogen and oxygen atoms in total. The van der Waals surface area contributed by atoms with Crippen LogP contribution in [0, 0.1) is 5.92 Å². The molecular formula is C27H32N2O5. The Labute approximate surface area is 200 Å². The molecule has 2 atom stereocenters. The number of hydrogen-bond donors (Lipinski definition) is 2. The van der Waals surface area contributed by atoms with Crippen molar-refractivity contribution in [1.82, 2.24) is 10.2 Å². The minimum absolute atomic E-state index is 0.00441. The molecular weight excluding hydrogens is 432 g/mol. The van der Waals surface area contributed by atoms with Crippen molar-refractivity contribution in [3.05, 3.63) is 59.7 Å². The smallest absolute Gasteiger partial charge is 0.407 e. The van der Waals surface area contributed by atoms with E-state index in [4.69, 9.17) is 9.84 Å². The Kier molecular flexibility index (Phi) is 7.50. The van der Waals surface area contributed by atoms with E-state index in [1.54, 1.807) is 7.05 Å². The first kappa shape index (κ1) is 23.8. The van der Waals surface area contributed by atoms with Crippen LogP contribution in [0.2, 0.25) is 0 Å². The zero-order chi connectivity index (χ0) is 24.1. The summed E-state index contributed by atoms with van der Waals surface area (Å²) in [7, 11) is 1.63. The molecule has 2 aromatic rings. The lowest BCUT2D eigenvalue weighted by molar-refractivity contribution is -0.138. The van der Waals surface area contributed by atoms with Crippen LogP contribution >= 0.6 is 0 Å². The van der Waals surface area contributed by atoms with E-state index in [1.807, 2.05) is 24.3 Å². The highest BCUT2D eigenvalue weighted by molar-refractivity contribution is 5.79. The predicted octanol–water partition coefficient (Wildman–Crippen LogP) is 4.41. The summed E-state index contributed by atoms with van der Waals surface area (Å²) in [6.45, 7) is 0.444. The molecule has 2 aliphatic carbocycles. The Bertz CT molecular complexity index is 1010. The van der Waals surface area contributed by atoms with Gasteiger partial charge in [-0.2, -0.15) is 0 Å². The molecule has 7 heteroatoms. The standard InChI is InChI=1S/C27H32N2O5/c1-29(15-14-26(31)32)25(30)16-18-8-2-7-13-24(18)28-27(33)34-17-23-21-11-5-3-9-19(21)20-10-4-6-12-22(20)23/h3-6,9-12,18,23-24H,2,7-8,13-17H2,1H3,(H,28,33)(H,31,32)/t18-,24-/m0/s1. The molecule has 1 fully saturated rings. The lowest BCUT2D eigenvalue weighted by Gasteiger charge is -2.32. The number of nitrogens with one attached hydrogen (secondary N) is 1. The number of ether oxygens (including phenoxy) is 1. The minimum Gasteiger partial charge on any atom is -0.481 e. The van der Waals surface area contributed by atoms with E-state index in [0.29, 0.717) is 6.42 Å². The average Bonchev–Trinajstić information content (AvgIpc) is 3.16. The van der Waals surface area contributed by atoms with E-state index in [-0.39, 0.29) is 43.4 Å². The number of fused-ring (bicyclic) bond motifs is 3. The van der Waals surface area contributed by atoms with Gasteiger partial charge in [-0.3, -0.25) is 9.59 Å². The molecule has 0 spiro atoms. The van der Waals surface area contributed by atoms with Crippen molar-refractivity contribution in [2.75, 3.05) is 20.2 Å². The fourth-order valence-corrected chi connectivity index (χ4v) is 5.20. The molecule has 0 aromatic heterocycles. The minimum atomic E-state index is -0.924. The van der Waals surface area contributed by atoms with Crippen LogP contribution in [0.25, 0.3) is 11.1 Å². The molecule has 0 unspecified atom stereocenters. The number of carbonyl (C=O) groups excluding carboxylic acids is 2. The van der Waals surface area contributed by atoms with E-state index in [9.17, 15) is 14.4 Å². The summed E-state index contributed by atoms with van der Waals surface area (Å²) in [5, 5.41) is 11.9. The second-order valence-corrected chi connectivity index (χ2v) is 9.28. The van der Waals surface area contributed by atoms with E-state index < -0.39 is 12.1 Å². The molecule has 2 amide bonds. The average molecular weight is 465 g/mol. The Morgan fingerprint density at radius 1 is 1.00 bits per heavy atom. The van der Waals surface area contributed by atoms with Gasteiger partial charge in [-0.15, -0.1) is 0 Å². The molecule has 0 radical (unpaired) electrons. The SMILES string of the molecule is CN(CCC(=O)O)C(=O)C[C@@H]1CCCC[C@@H]1NC(=O)OCC1c2ccccc2-c2ccccc21. The van der Waals surface area contributed by atoms with Gasteiger partial charge >= 0.3 is 12.1 Å². The van der Waals surface area contributed by atoms with E-state index in [1.165, 1.54) is 27.2 Å². The van der Waals surface area contributed by atoms with Gasteiger partial charge in [0.1, 0.15) is 6.61 Å². The maximum atomic E-state index is 12.7. The van der Waals surface area contributed by atoms with Gasteiger partial charge in [0.05, 0.1) is 6.42 Å². The number of carboxylic acids is 1. The number of aliphatic carboxylic acids is 1. The highest BCUT2D eigenvalue weighted by atomic mass is 16.5. The van der Waals surface area contributed by atoms with Gasteiger partial charge in [-0.05, 0) is 41.0 Å². The molecule has 180 valence electrons. The van der Waals surface area contributed by atoms with Crippen molar-refractivity contribution in [2.24, 2.45) is 5.92 Å². The van der Waals surface area contributed by atoms with Crippen molar-refractivity contribution in [3.63, 3.8) is 0 Å². The quantitative estimate of drug-likeness (QED) is 0.603. The van der Waals surface area contributed by atoms with Crippen LogP contribution in [0.15, 0.2) is 48.5 Å². The van der Waals surface area contributed by atoms with Crippen molar-refractivity contribution >= 4 is 18.0 Å². The first-order valence-corrected chi connectivity index (χ1v) is 12.0. The Morgan fingerprint density at radius 3 is 2.26 bits per heavy atom. The van der Waals surface area contributed by atoms with Gasteiger partial charge in [0.15, 0.2) is 0 Å². The van der Waals surface area contributed by atoms with Crippen LogP contribution in [0.4, 0.5) is 4.79 Å². The molecule has 1 saturated carbocycles. The lowest BCUT2D eigenvalue weighted by atomic mass is 9.82. The van der Waals surface area contributed by atoms with E-state index >= 15 is 0 Å². The summed E-state index contributed by atoms with van der Waals surface area (Å²) in [4.78, 5) is 37.6. The van der Waals surface area contributed by atoms with Crippen LogP contribution in [-0.2, 0) is 14.3 Å². The third-order valence-corrected chi connectivity index (χ3v) is 7.08. The number of benzene rings is 2. The number of hydrogen-bond acceptors (Lipinski definition) is 4. The van der Waals surface area contributed by atoms with Gasteiger partial charge in [0.2, 0.25) is 5.91 Å². The summed E-state index contributed by atoms with van der Waals surface area (Å²) in [5.41, 5.74) is 4.71. The maximum Gasteiger partial charge on any atom is 0.407 e. The van der Waals surface area contributed by atoms with Crippen molar-refractivity contribution in [3.8, 4) is 11.1 Å². The molecule has 2 aromatic carbocycles. The van der Waals surface area contributed by atoms with Crippen LogP contribution in [0.5, 0.6) is 0 Å².